The molecule has 0 aromatic rings. The molecular weight excluding hydrogens is 236 g/mol. The monoisotopic (exact) mass is 260 g/mol. The van der Waals surface area contributed by atoms with Gasteiger partial charge in [0.1, 0.15) is 5.75 Å². The Bertz CT molecular complexity index is 265. The molecule has 17 heavy (non-hydrogen) atoms. The van der Waals surface area contributed by atoms with Crippen molar-refractivity contribution in [1.82, 2.24) is 5.32 Å². The highest BCUT2D eigenvalue weighted by Gasteiger charge is 2.17. The first kappa shape index (κ1) is 14.6. The molecule has 1 aliphatic rings. The molecule has 2 unspecified atom stereocenters. The summed E-state index contributed by atoms with van der Waals surface area (Å²) in [6.07, 6.45) is 6.57. The number of carbonyl (C=O) groups is 1. The van der Waals surface area contributed by atoms with Crippen molar-refractivity contribution < 1.29 is 9.00 Å². The van der Waals surface area contributed by atoms with Crippen LogP contribution in [0.15, 0.2) is 0 Å². The first-order valence-electron chi connectivity index (χ1n) is 6.51. The SMILES string of the molecule is CCC(N)CS(=O)CC(=O)NC1CCCCC1. The summed E-state index contributed by atoms with van der Waals surface area (Å²) >= 11 is 0. The first-order valence-corrected chi connectivity index (χ1v) is 8.00. The standard InChI is InChI=1S/C12H24N2O2S/c1-2-10(13)8-17(16)9-12(15)14-11-6-4-3-5-7-11/h10-11H,2-9,13H2,1H3,(H,14,15). The Kier molecular flexibility index (Phi) is 6.73. The maximum Gasteiger partial charge on any atom is 0.232 e. The Labute approximate surface area is 106 Å². The molecule has 0 spiro atoms. The summed E-state index contributed by atoms with van der Waals surface area (Å²) in [5, 5.41) is 2.97. The zero-order valence-electron chi connectivity index (χ0n) is 10.6. The molecule has 1 fully saturated rings. The van der Waals surface area contributed by atoms with Crippen LogP contribution in [0.3, 0.4) is 0 Å². The molecule has 2 atom stereocenters. The molecule has 1 aliphatic carbocycles. The van der Waals surface area contributed by atoms with Crippen LogP contribution in [0, 0.1) is 0 Å². The lowest BCUT2D eigenvalue weighted by Gasteiger charge is -2.22. The van der Waals surface area contributed by atoms with E-state index in [1.54, 1.807) is 0 Å². The second-order valence-corrected chi connectivity index (χ2v) is 6.32. The van der Waals surface area contributed by atoms with Gasteiger partial charge in [0.25, 0.3) is 0 Å². The summed E-state index contributed by atoms with van der Waals surface area (Å²) in [6, 6.07) is 0.242. The summed E-state index contributed by atoms with van der Waals surface area (Å²) in [5.74, 6) is 0.442. The molecule has 0 saturated heterocycles. The Hall–Kier alpha value is -0.420. The van der Waals surface area contributed by atoms with Crippen LogP contribution in [0.1, 0.15) is 45.4 Å². The van der Waals surface area contributed by atoms with Crippen molar-refractivity contribution >= 4 is 16.7 Å². The van der Waals surface area contributed by atoms with E-state index in [1.165, 1.54) is 19.3 Å². The smallest absolute Gasteiger partial charge is 0.232 e. The van der Waals surface area contributed by atoms with Gasteiger partial charge in [-0.2, -0.15) is 0 Å². The van der Waals surface area contributed by atoms with Crippen LogP contribution >= 0.6 is 0 Å². The fourth-order valence-corrected chi connectivity index (χ4v) is 3.28. The molecule has 100 valence electrons. The predicted octanol–water partition coefficient (Wildman–Crippen LogP) is 0.921. The number of hydrogen-bond donors (Lipinski definition) is 2. The number of nitrogens with two attached hydrogens (primary N) is 1. The summed E-state index contributed by atoms with van der Waals surface area (Å²) in [5.41, 5.74) is 5.71. The molecule has 0 aliphatic heterocycles. The quantitative estimate of drug-likeness (QED) is 0.746. The minimum absolute atomic E-state index is 0.0571. The lowest BCUT2D eigenvalue weighted by atomic mass is 9.95. The molecule has 1 rings (SSSR count). The van der Waals surface area contributed by atoms with Crippen molar-refractivity contribution in [2.45, 2.75) is 57.5 Å². The van der Waals surface area contributed by atoms with Crippen LogP contribution in [0.4, 0.5) is 0 Å². The van der Waals surface area contributed by atoms with Gasteiger partial charge < -0.3 is 11.1 Å². The number of nitrogens with one attached hydrogen (secondary N) is 1. The van der Waals surface area contributed by atoms with E-state index in [4.69, 9.17) is 5.73 Å². The van der Waals surface area contributed by atoms with Gasteiger partial charge in [-0.15, -0.1) is 0 Å². The number of amides is 1. The maximum atomic E-state index is 11.6. The molecule has 3 N–H and O–H groups in total. The van der Waals surface area contributed by atoms with Gasteiger partial charge in [0.15, 0.2) is 0 Å². The Morgan fingerprint density at radius 1 is 1.41 bits per heavy atom. The third-order valence-electron chi connectivity index (χ3n) is 3.19. The van der Waals surface area contributed by atoms with Crippen molar-refractivity contribution in [2.75, 3.05) is 11.5 Å². The number of hydrogen-bond acceptors (Lipinski definition) is 3. The van der Waals surface area contributed by atoms with E-state index >= 15 is 0 Å². The molecule has 4 nitrogen and oxygen atoms in total. The topological polar surface area (TPSA) is 72.2 Å². The highest BCUT2D eigenvalue weighted by molar-refractivity contribution is 7.85. The van der Waals surface area contributed by atoms with Gasteiger partial charge in [-0.3, -0.25) is 9.00 Å². The van der Waals surface area contributed by atoms with Crippen LogP contribution in [-0.4, -0.2) is 33.7 Å². The lowest BCUT2D eigenvalue weighted by molar-refractivity contribution is -0.119. The van der Waals surface area contributed by atoms with E-state index in [0.29, 0.717) is 11.8 Å². The zero-order valence-corrected chi connectivity index (χ0v) is 11.4. The summed E-state index contributed by atoms with van der Waals surface area (Å²) in [6.45, 7) is 1.96. The molecule has 1 amide bonds. The minimum Gasteiger partial charge on any atom is -0.353 e. The van der Waals surface area contributed by atoms with Gasteiger partial charge in [0.05, 0.1) is 0 Å². The van der Waals surface area contributed by atoms with Crippen molar-refractivity contribution in [3.05, 3.63) is 0 Å². The molecule has 0 radical (unpaired) electrons. The predicted molar refractivity (Wildman–Crippen MR) is 71.2 cm³/mol. The Balaban J connectivity index is 2.21. The summed E-state index contributed by atoms with van der Waals surface area (Å²) < 4.78 is 11.6. The maximum absolute atomic E-state index is 11.6. The lowest BCUT2D eigenvalue weighted by Crippen LogP contribution is -2.39. The van der Waals surface area contributed by atoms with Gasteiger partial charge in [0, 0.05) is 28.6 Å². The fourth-order valence-electron chi connectivity index (χ4n) is 2.08. The first-order chi connectivity index (χ1) is 8.11. The number of carbonyl (C=O) groups excluding carboxylic acids is 1. The highest BCUT2D eigenvalue weighted by atomic mass is 32.2. The summed E-state index contributed by atoms with van der Waals surface area (Å²) in [4.78, 5) is 11.6. The van der Waals surface area contributed by atoms with E-state index in [-0.39, 0.29) is 17.7 Å². The fraction of sp³-hybridized carbons (Fsp3) is 0.917. The average molecular weight is 260 g/mol. The van der Waals surface area contributed by atoms with Gasteiger partial charge in [-0.25, -0.2) is 0 Å². The molecular formula is C12H24N2O2S. The second-order valence-electron chi connectivity index (χ2n) is 4.82. The third-order valence-corrected chi connectivity index (χ3v) is 4.57. The minimum atomic E-state index is -1.12. The van der Waals surface area contributed by atoms with Crippen molar-refractivity contribution in [3.63, 3.8) is 0 Å². The summed E-state index contributed by atoms with van der Waals surface area (Å²) in [7, 11) is -1.12. The largest absolute Gasteiger partial charge is 0.353 e. The van der Waals surface area contributed by atoms with Crippen LogP contribution in [0.25, 0.3) is 0 Å². The molecule has 5 heteroatoms. The Morgan fingerprint density at radius 3 is 2.65 bits per heavy atom. The van der Waals surface area contributed by atoms with E-state index in [0.717, 1.165) is 19.3 Å². The van der Waals surface area contributed by atoms with Crippen LogP contribution in [0.2, 0.25) is 0 Å². The third kappa shape index (κ3) is 6.17. The van der Waals surface area contributed by atoms with Gasteiger partial charge in [-0.05, 0) is 19.3 Å². The van der Waals surface area contributed by atoms with E-state index in [2.05, 4.69) is 5.32 Å². The molecule has 0 bridgehead atoms. The Morgan fingerprint density at radius 2 is 2.06 bits per heavy atom. The van der Waals surface area contributed by atoms with E-state index in [9.17, 15) is 9.00 Å². The van der Waals surface area contributed by atoms with E-state index < -0.39 is 10.8 Å². The molecule has 0 aromatic carbocycles. The number of rotatable bonds is 6. The average Bonchev–Trinajstić information content (AvgIpc) is 2.29. The van der Waals surface area contributed by atoms with Gasteiger partial charge >= 0.3 is 0 Å². The van der Waals surface area contributed by atoms with Crippen molar-refractivity contribution in [2.24, 2.45) is 5.73 Å². The van der Waals surface area contributed by atoms with Crippen LogP contribution in [-0.2, 0) is 15.6 Å². The molecule has 0 heterocycles. The van der Waals surface area contributed by atoms with Crippen molar-refractivity contribution in [1.29, 1.82) is 0 Å². The molecule has 1 saturated carbocycles. The van der Waals surface area contributed by atoms with E-state index in [1.807, 2.05) is 6.92 Å². The highest BCUT2D eigenvalue weighted by Crippen LogP contribution is 2.17. The van der Waals surface area contributed by atoms with Gasteiger partial charge in [0.2, 0.25) is 5.91 Å². The normalized spacial score (nSPS) is 20.8. The zero-order chi connectivity index (χ0) is 12.7. The van der Waals surface area contributed by atoms with Crippen molar-refractivity contribution in [3.8, 4) is 0 Å². The molecule has 0 aromatic heterocycles. The van der Waals surface area contributed by atoms with Crippen LogP contribution in [0.5, 0.6) is 0 Å². The van der Waals surface area contributed by atoms with Crippen LogP contribution < -0.4 is 11.1 Å². The second kappa shape index (κ2) is 7.82. The van der Waals surface area contributed by atoms with Gasteiger partial charge in [-0.1, -0.05) is 26.2 Å².